The van der Waals surface area contributed by atoms with Crippen LogP contribution >= 0.6 is 0 Å². The molecule has 0 aliphatic heterocycles. The lowest BCUT2D eigenvalue weighted by Crippen LogP contribution is -2.15. The second kappa shape index (κ2) is 11.8. The summed E-state index contributed by atoms with van der Waals surface area (Å²) < 4.78 is 5.21. The van der Waals surface area contributed by atoms with Gasteiger partial charge in [0, 0.05) is 18.7 Å². The number of hydrogen-bond donors (Lipinski definition) is 0. The largest absolute Gasteiger partial charge is 0.462 e. The number of esters is 1. The Morgan fingerprint density at radius 2 is 1.79 bits per heavy atom. The van der Waals surface area contributed by atoms with Crippen molar-refractivity contribution in [2.75, 3.05) is 19.7 Å². The zero-order chi connectivity index (χ0) is 14.5. The molecule has 0 unspecified atom stereocenters. The van der Waals surface area contributed by atoms with Gasteiger partial charge in [0.15, 0.2) is 0 Å². The molecule has 0 aliphatic rings. The first-order chi connectivity index (χ1) is 9.15. The fourth-order valence-corrected chi connectivity index (χ4v) is 1.62. The van der Waals surface area contributed by atoms with Crippen molar-refractivity contribution >= 4 is 5.97 Å². The Kier molecular flexibility index (Phi) is 11.0. The Labute approximate surface area is 118 Å². The van der Waals surface area contributed by atoms with Crippen molar-refractivity contribution < 1.29 is 9.53 Å². The fraction of sp³-hybridized carbons (Fsp3) is 0.688. The lowest BCUT2D eigenvalue weighted by molar-refractivity contribution is -0.139. The Morgan fingerprint density at radius 3 is 2.37 bits per heavy atom. The lowest BCUT2D eigenvalue weighted by Gasteiger charge is -2.13. The van der Waals surface area contributed by atoms with Crippen LogP contribution in [0.1, 0.15) is 53.4 Å². The van der Waals surface area contributed by atoms with Crippen molar-refractivity contribution in [2.45, 2.75) is 53.4 Å². The van der Waals surface area contributed by atoms with Gasteiger partial charge in [0.1, 0.15) is 0 Å². The molecule has 0 spiro atoms. The van der Waals surface area contributed by atoms with Crippen molar-refractivity contribution in [3.8, 4) is 0 Å². The fourth-order valence-electron chi connectivity index (χ4n) is 1.62. The number of unbranched alkanes of at least 4 members (excludes halogenated alkanes) is 3. The first-order valence-electron chi connectivity index (χ1n) is 7.41. The monoisotopic (exact) mass is 267 g/mol. The number of carbonyl (C=O) groups excluding carboxylic acids is 1. The molecule has 0 bridgehead atoms. The molecule has 0 aromatic carbocycles. The van der Waals surface area contributed by atoms with Crippen LogP contribution in [0.4, 0.5) is 0 Å². The average molecular weight is 267 g/mol. The maximum Gasteiger partial charge on any atom is 0.333 e. The zero-order valence-corrected chi connectivity index (χ0v) is 12.9. The molecule has 19 heavy (non-hydrogen) atoms. The molecule has 3 nitrogen and oxygen atoms in total. The van der Waals surface area contributed by atoms with Gasteiger partial charge < -0.3 is 9.64 Å². The maximum atomic E-state index is 11.7. The summed E-state index contributed by atoms with van der Waals surface area (Å²) in [5.74, 6) is -0.208. The van der Waals surface area contributed by atoms with Crippen LogP contribution < -0.4 is 0 Å². The highest BCUT2D eigenvalue weighted by atomic mass is 16.5. The number of ether oxygens (including phenoxy) is 1. The van der Waals surface area contributed by atoms with Crippen LogP contribution in [0.2, 0.25) is 0 Å². The maximum absolute atomic E-state index is 11.7. The van der Waals surface area contributed by atoms with Gasteiger partial charge in [0.25, 0.3) is 0 Å². The highest BCUT2D eigenvalue weighted by Gasteiger charge is 2.03. The second-order valence-corrected chi connectivity index (χ2v) is 4.61. The molecule has 0 saturated carbocycles. The summed E-state index contributed by atoms with van der Waals surface area (Å²) >= 11 is 0. The Hall–Kier alpha value is -1.25. The third-order valence-electron chi connectivity index (χ3n) is 3.01. The van der Waals surface area contributed by atoms with E-state index in [1.54, 1.807) is 6.92 Å². The number of carbonyl (C=O) groups is 1. The molecule has 0 saturated heterocycles. The third kappa shape index (κ3) is 9.34. The highest BCUT2D eigenvalue weighted by molar-refractivity contribution is 5.88. The standard InChI is InChI=1S/C16H29NO2/c1-5-8-9-10-14-19-16(18)15(4)12-11-13-17(6-2)7-3/h11-13H,5-10,14H2,1-4H3. The van der Waals surface area contributed by atoms with Crippen LogP contribution in [0.15, 0.2) is 23.9 Å². The van der Waals surface area contributed by atoms with Crippen molar-refractivity contribution in [1.82, 2.24) is 4.90 Å². The third-order valence-corrected chi connectivity index (χ3v) is 3.01. The molecule has 0 fully saturated rings. The van der Waals surface area contributed by atoms with E-state index in [9.17, 15) is 4.79 Å². The molecule has 0 N–H and O–H groups in total. The minimum Gasteiger partial charge on any atom is -0.462 e. The van der Waals surface area contributed by atoms with Gasteiger partial charge in [-0.1, -0.05) is 32.3 Å². The van der Waals surface area contributed by atoms with E-state index in [1.807, 2.05) is 18.4 Å². The first-order valence-corrected chi connectivity index (χ1v) is 7.41. The van der Waals surface area contributed by atoms with Gasteiger partial charge in [0.2, 0.25) is 0 Å². The molecule has 0 aromatic heterocycles. The average Bonchev–Trinajstić information content (AvgIpc) is 2.43. The number of nitrogens with zero attached hydrogens (tertiary/aromatic N) is 1. The van der Waals surface area contributed by atoms with Gasteiger partial charge in [0.05, 0.1) is 6.61 Å². The van der Waals surface area contributed by atoms with Crippen LogP contribution in [0.5, 0.6) is 0 Å². The molecule has 0 aromatic rings. The normalized spacial score (nSPS) is 11.9. The van der Waals surface area contributed by atoms with E-state index < -0.39 is 0 Å². The van der Waals surface area contributed by atoms with E-state index in [-0.39, 0.29) is 5.97 Å². The van der Waals surface area contributed by atoms with Gasteiger partial charge in [-0.2, -0.15) is 0 Å². The quantitative estimate of drug-likeness (QED) is 0.260. The van der Waals surface area contributed by atoms with E-state index >= 15 is 0 Å². The minimum absolute atomic E-state index is 0.208. The van der Waals surface area contributed by atoms with Gasteiger partial charge in [-0.15, -0.1) is 0 Å². The summed E-state index contributed by atoms with van der Waals surface area (Å²) in [6, 6.07) is 0. The first kappa shape index (κ1) is 17.8. The van der Waals surface area contributed by atoms with Crippen molar-refractivity contribution in [3.63, 3.8) is 0 Å². The molecule has 110 valence electrons. The lowest BCUT2D eigenvalue weighted by atomic mass is 10.2. The van der Waals surface area contributed by atoms with Crippen molar-refractivity contribution in [1.29, 1.82) is 0 Å². The predicted octanol–water partition coefficient (Wildman–Crippen LogP) is 3.91. The van der Waals surface area contributed by atoms with E-state index in [0.29, 0.717) is 12.2 Å². The number of hydrogen-bond acceptors (Lipinski definition) is 3. The van der Waals surface area contributed by atoms with Crippen LogP contribution in [-0.4, -0.2) is 30.6 Å². The van der Waals surface area contributed by atoms with E-state index in [0.717, 1.165) is 25.9 Å². The molecule has 3 heteroatoms. The van der Waals surface area contributed by atoms with Crippen LogP contribution in [0, 0.1) is 0 Å². The van der Waals surface area contributed by atoms with E-state index in [4.69, 9.17) is 4.74 Å². The summed E-state index contributed by atoms with van der Waals surface area (Å²) in [7, 11) is 0. The molecule has 0 amide bonds. The molecule has 0 atom stereocenters. The topological polar surface area (TPSA) is 29.5 Å². The van der Waals surface area contributed by atoms with Gasteiger partial charge in [-0.25, -0.2) is 4.79 Å². The summed E-state index contributed by atoms with van der Waals surface area (Å²) in [6.07, 6.45) is 10.2. The van der Waals surface area contributed by atoms with Gasteiger partial charge in [-0.3, -0.25) is 0 Å². The molecule has 0 heterocycles. The number of rotatable bonds is 10. The zero-order valence-electron chi connectivity index (χ0n) is 12.9. The van der Waals surface area contributed by atoms with Crippen LogP contribution in [-0.2, 0) is 9.53 Å². The van der Waals surface area contributed by atoms with E-state index in [1.165, 1.54) is 12.8 Å². The highest BCUT2D eigenvalue weighted by Crippen LogP contribution is 2.02. The summed E-state index contributed by atoms with van der Waals surface area (Å²) in [4.78, 5) is 13.8. The minimum atomic E-state index is -0.208. The molecule has 0 aliphatic carbocycles. The molecular weight excluding hydrogens is 238 g/mol. The Bertz CT molecular complexity index is 291. The summed E-state index contributed by atoms with van der Waals surface area (Å²) in [5.41, 5.74) is 0.652. The van der Waals surface area contributed by atoms with Crippen LogP contribution in [0.25, 0.3) is 0 Å². The Morgan fingerprint density at radius 1 is 1.11 bits per heavy atom. The molecule has 0 radical (unpaired) electrons. The van der Waals surface area contributed by atoms with Crippen molar-refractivity contribution in [2.24, 2.45) is 0 Å². The summed E-state index contributed by atoms with van der Waals surface area (Å²) in [6.45, 7) is 10.7. The number of allylic oxidation sites excluding steroid dienone is 2. The van der Waals surface area contributed by atoms with Crippen molar-refractivity contribution in [3.05, 3.63) is 23.9 Å². The van der Waals surface area contributed by atoms with Crippen LogP contribution in [0.3, 0.4) is 0 Å². The second-order valence-electron chi connectivity index (χ2n) is 4.61. The predicted molar refractivity (Wildman–Crippen MR) is 80.9 cm³/mol. The van der Waals surface area contributed by atoms with Gasteiger partial charge >= 0.3 is 5.97 Å². The smallest absolute Gasteiger partial charge is 0.333 e. The summed E-state index contributed by atoms with van der Waals surface area (Å²) in [5, 5.41) is 0. The molecule has 0 rings (SSSR count). The van der Waals surface area contributed by atoms with Gasteiger partial charge in [-0.05, 0) is 39.5 Å². The SMILES string of the molecule is CCCCCCOC(=O)C(C)=CC=CN(CC)CC. The van der Waals surface area contributed by atoms with E-state index in [2.05, 4.69) is 25.7 Å². The Balaban J connectivity index is 3.97. The molecular formula is C16H29NO2.